The Morgan fingerprint density at radius 2 is 2.33 bits per heavy atom. The third-order valence-corrected chi connectivity index (χ3v) is 3.43. The smallest absolute Gasteiger partial charge is 0.131 e. The van der Waals surface area contributed by atoms with Gasteiger partial charge in [-0.15, -0.1) is 0 Å². The lowest BCUT2D eigenvalue weighted by atomic mass is 10.1. The van der Waals surface area contributed by atoms with Crippen LogP contribution in [0.15, 0.2) is 6.20 Å². The highest BCUT2D eigenvalue weighted by molar-refractivity contribution is 5.12. The van der Waals surface area contributed by atoms with E-state index < -0.39 is 0 Å². The summed E-state index contributed by atoms with van der Waals surface area (Å²) in [5, 5.41) is 13.3. The Hall–Kier alpha value is -0.870. The summed E-state index contributed by atoms with van der Waals surface area (Å²) in [6.07, 6.45) is 7.00. The highest BCUT2D eigenvalue weighted by atomic mass is 16.3. The van der Waals surface area contributed by atoms with Gasteiger partial charge in [0.15, 0.2) is 0 Å². The Kier molecular flexibility index (Phi) is 2.25. The minimum atomic E-state index is -0.351. The molecule has 4 heteroatoms. The number of hydrogen-bond acceptors (Lipinski definition) is 3. The summed E-state index contributed by atoms with van der Waals surface area (Å²) in [6, 6.07) is 0.412. The van der Waals surface area contributed by atoms with Crippen LogP contribution in [0.25, 0.3) is 0 Å². The number of rotatable bonds is 1. The van der Waals surface area contributed by atoms with E-state index in [9.17, 15) is 5.11 Å². The molecule has 2 unspecified atom stereocenters. The Labute approximate surface area is 89.3 Å². The second kappa shape index (κ2) is 3.61. The van der Waals surface area contributed by atoms with Crippen LogP contribution in [0.1, 0.15) is 49.5 Å². The van der Waals surface area contributed by atoms with Gasteiger partial charge in [0.2, 0.25) is 0 Å². The zero-order valence-electron chi connectivity index (χ0n) is 8.82. The fraction of sp³-hybridized carbons (Fsp3) is 0.727. The third kappa shape index (κ3) is 1.58. The summed E-state index contributed by atoms with van der Waals surface area (Å²) >= 11 is 0. The predicted octanol–water partition coefficient (Wildman–Crippen LogP) is 1.13. The summed E-state index contributed by atoms with van der Waals surface area (Å²) in [4.78, 5) is 4.62. The van der Waals surface area contributed by atoms with Crippen molar-refractivity contribution in [2.24, 2.45) is 0 Å². The molecule has 15 heavy (non-hydrogen) atoms. The summed E-state index contributed by atoms with van der Waals surface area (Å²) in [5.74, 6) is 1.05. The third-order valence-electron chi connectivity index (χ3n) is 3.43. The molecule has 0 spiro atoms. The first-order valence-corrected chi connectivity index (χ1v) is 5.84. The molecule has 1 aromatic heterocycles. The van der Waals surface area contributed by atoms with Crippen molar-refractivity contribution in [1.82, 2.24) is 14.9 Å². The maximum absolute atomic E-state index is 9.82. The van der Waals surface area contributed by atoms with Gasteiger partial charge in [-0.3, -0.25) is 0 Å². The van der Waals surface area contributed by atoms with Crippen molar-refractivity contribution >= 4 is 0 Å². The average Bonchev–Trinajstić information content (AvgIpc) is 2.86. The lowest BCUT2D eigenvalue weighted by Crippen LogP contribution is -2.16. The van der Waals surface area contributed by atoms with Gasteiger partial charge in [-0.2, -0.15) is 0 Å². The Morgan fingerprint density at radius 1 is 1.40 bits per heavy atom. The minimum Gasteiger partial charge on any atom is -0.373 e. The highest BCUT2D eigenvalue weighted by Crippen LogP contribution is 2.27. The van der Waals surface area contributed by atoms with Gasteiger partial charge in [0.25, 0.3) is 0 Å². The van der Waals surface area contributed by atoms with Crippen molar-refractivity contribution in [3.63, 3.8) is 0 Å². The van der Waals surface area contributed by atoms with Gasteiger partial charge in [0.1, 0.15) is 12.1 Å². The zero-order chi connectivity index (χ0) is 10.3. The van der Waals surface area contributed by atoms with Crippen LogP contribution in [-0.2, 0) is 6.42 Å². The number of nitrogens with zero attached hydrogens (tertiary/aromatic N) is 2. The fourth-order valence-electron chi connectivity index (χ4n) is 2.58. The zero-order valence-corrected chi connectivity index (χ0v) is 8.82. The monoisotopic (exact) mass is 207 g/mol. The second-order valence-electron chi connectivity index (χ2n) is 4.51. The summed E-state index contributed by atoms with van der Waals surface area (Å²) in [6.45, 7) is 1.09. The van der Waals surface area contributed by atoms with E-state index in [-0.39, 0.29) is 6.23 Å². The van der Waals surface area contributed by atoms with E-state index in [0.29, 0.717) is 6.04 Å². The average molecular weight is 207 g/mol. The molecule has 0 amide bonds. The predicted molar refractivity (Wildman–Crippen MR) is 56.4 cm³/mol. The van der Waals surface area contributed by atoms with Crippen LogP contribution in [0, 0.1) is 0 Å². The molecule has 0 aromatic carbocycles. The number of hydrogen-bond donors (Lipinski definition) is 2. The van der Waals surface area contributed by atoms with E-state index in [0.717, 1.165) is 37.3 Å². The van der Waals surface area contributed by atoms with Crippen molar-refractivity contribution < 1.29 is 5.11 Å². The molecule has 1 saturated heterocycles. The number of nitrogens with one attached hydrogen (secondary N) is 1. The van der Waals surface area contributed by atoms with E-state index in [1.807, 2.05) is 10.8 Å². The number of aliphatic hydroxyl groups is 1. The Morgan fingerprint density at radius 3 is 3.07 bits per heavy atom. The largest absolute Gasteiger partial charge is 0.373 e. The van der Waals surface area contributed by atoms with Crippen molar-refractivity contribution in [3.05, 3.63) is 17.7 Å². The normalized spacial score (nSPS) is 30.5. The van der Waals surface area contributed by atoms with Gasteiger partial charge in [0.05, 0.1) is 11.7 Å². The van der Waals surface area contributed by atoms with Crippen LogP contribution in [-0.4, -0.2) is 21.2 Å². The van der Waals surface area contributed by atoms with E-state index >= 15 is 0 Å². The molecule has 2 aliphatic heterocycles. The SMILES string of the molecule is OC1CCCc2nc(C3CCCN3)cn21. The van der Waals surface area contributed by atoms with Crippen LogP contribution >= 0.6 is 0 Å². The molecular weight excluding hydrogens is 190 g/mol. The first kappa shape index (κ1) is 9.36. The highest BCUT2D eigenvalue weighted by Gasteiger charge is 2.24. The van der Waals surface area contributed by atoms with Crippen LogP contribution in [0.4, 0.5) is 0 Å². The number of aryl methyl sites for hydroxylation is 1. The molecule has 1 aromatic rings. The molecule has 0 bridgehead atoms. The summed E-state index contributed by atoms with van der Waals surface area (Å²) in [5.41, 5.74) is 1.11. The van der Waals surface area contributed by atoms with Gasteiger partial charge in [-0.1, -0.05) is 0 Å². The van der Waals surface area contributed by atoms with Crippen molar-refractivity contribution in [2.75, 3.05) is 6.54 Å². The molecule has 82 valence electrons. The summed E-state index contributed by atoms with van der Waals surface area (Å²) < 4.78 is 1.94. The van der Waals surface area contributed by atoms with Crippen LogP contribution < -0.4 is 5.32 Å². The van der Waals surface area contributed by atoms with Crippen molar-refractivity contribution in [3.8, 4) is 0 Å². The first-order chi connectivity index (χ1) is 7.34. The van der Waals surface area contributed by atoms with Gasteiger partial charge in [-0.25, -0.2) is 4.98 Å². The molecule has 4 nitrogen and oxygen atoms in total. The lowest BCUT2D eigenvalue weighted by molar-refractivity contribution is 0.0780. The van der Waals surface area contributed by atoms with E-state index in [4.69, 9.17) is 0 Å². The molecule has 0 radical (unpaired) electrons. The number of aromatic nitrogens is 2. The molecule has 1 fully saturated rings. The van der Waals surface area contributed by atoms with Gasteiger partial charge in [0, 0.05) is 12.6 Å². The first-order valence-electron chi connectivity index (χ1n) is 5.84. The van der Waals surface area contributed by atoms with E-state index in [1.165, 1.54) is 12.8 Å². The Balaban J connectivity index is 1.90. The van der Waals surface area contributed by atoms with E-state index in [1.54, 1.807) is 0 Å². The standard InChI is InChI=1S/C11H17N3O/c15-11-5-1-4-10-13-9(7-14(10)11)8-3-2-6-12-8/h7-8,11-12,15H,1-6H2. The lowest BCUT2D eigenvalue weighted by Gasteiger charge is -2.19. The molecule has 2 N–H and O–H groups in total. The summed E-state index contributed by atoms with van der Waals surface area (Å²) in [7, 11) is 0. The van der Waals surface area contributed by atoms with Crippen LogP contribution in [0.3, 0.4) is 0 Å². The maximum atomic E-state index is 9.82. The number of fused-ring (bicyclic) bond motifs is 1. The van der Waals surface area contributed by atoms with Crippen molar-refractivity contribution in [1.29, 1.82) is 0 Å². The molecule has 0 aliphatic carbocycles. The number of imidazole rings is 1. The van der Waals surface area contributed by atoms with Gasteiger partial charge in [-0.05, 0) is 32.2 Å². The minimum absolute atomic E-state index is 0.351. The Bertz CT molecular complexity index is 355. The van der Waals surface area contributed by atoms with Gasteiger partial charge >= 0.3 is 0 Å². The second-order valence-corrected chi connectivity index (χ2v) is 4.51. The molecule has 0 saturated carbocycles. The molecule has 3 rings (SSSR count). The topological polar surface area (TPSA) is 50.1 Å². The van der Waals surface area contributed by atoms with Gasteiger partial charge < -0.3 is 15.0 Å². The van der Waals surface area contributed by atoms with Crippen molar-refractivity contribution in [2.45, 2.75) is 44.4 Å². The molecular formula is C11H17N3O. The number of aliphatic hydroxyl groups excluding tert-OH is 1. The van der Waals surface area contributed by atoms with Crippen LogP contribution in [0.2, 0.25) is 0 Å². The molecule has 2 atom stereocenters. The maximum Gasteiger partial charge on any atom is 0.131 e. The van der Waals surface area contributed by atoms with Crippen LogP contribution in [0.5, 0.6) is 0 Å². The molecule has 3 heterocycles. The van der Waals surface area contributed by atoms with E-state index in [2.05, 4.69) is 10.3 Å². The fourth-order valence-corrected chi connectivity index (χ4v) is 2.58. The quantitative estimate of drug-likeness (QED) is 0.726. The molecule has 2 aliphatic rings.